The predicted molar refractivity (Wildman–Crippen MR) is 98.9 cm³/mol. The molecular weight excluding hydrogens is 332 g/mol. The van der Waals surface area contributed by atoms with Crippen molar-refractivity contribution in [1.82, 2.24) is 9.97 Å². The van der Waals surface area contributed by atoms with E-state index in [1.807, 2.05) is 12.3 Å². The van der Waals surface area contributed by atoms with Crippen LogP contribution >= 0.6 is 0 Å². The first-order valence-electron chi connectivity index (χ1n) is 8.90. The third-order valence-electron chi connectivity index (χ3n) is 4.80. The van der Waals surface area contributed by atoms with Gasteiger partial charge in [-0.25, -0.2) is 13.8 Å². The molecule has 1 fully saturated rings. The second-order valence-corrected chi connectivity index (χ2v) is 6.64. The van der Waals surface area contributed by atoms with E-state index in [4.69, 9.17) is 0 Å². The summed E-state index contributed by atoms with van der Waals surface area (Å²) < 4.78 is 26.9. The van der Waals surface area contributed by atoms with Crippen molar-refractivity contribution in [2.75, 3.05) is 5.32 Å². The molecular formula is C21H19F2N3. The average Bonchev–Trinajstić information content (AvgIpc) is 3.12. The molecule has 4 rings (SSSR count). The van der Waals surface area contributed by atoms with Crippen LogP contribution in [-0.4, -0.2) is 16.0 Å². The maximum absolute atomic E-state index is 13.9. The number of aromatic nitrogens is 2. The van der Waals surface area contributed by atoms with Gasteiger partial charge in [-0.05, 0) is 31.0 Å². The van der Waals surface area contributed by atoms with Crippen LogP contribution < -0.4 is 5.32 Å². The van der Waals surface area contributed by atoms with E-state index in [0.717, 1.165) is 35.6 Å². The smallest absolute Gasteiger partial charge is 0.141 e. The minimum Gasteiger partial charge on any atom is -0.381 e. The molecule has 132 valence electrons. The third kappa shape index (κ3) is 3.41. The number of hydrogen-bond donors (Lipinski definition) is 2. The van der Waals surface area contributed by atoms with E-state index in [-0.39, 0.29) is 5.56 Å². The molecule has 3 nitrogen and oxygen atoms in total. The van der Waals surface area contributed by atoms with Crippen molar-refractivity contribution >= 4 is 16.7 Å². The van der Waals surface area contributed by atoms with Gasteiger partial charge in [0.1, 0.15) is 17.3 Å². The summed E-state index contributed by atoms with van der Waals surface area (Å²) in [5, 5.41) is 4.60. The highest BCUT2D eigenvalue weighted by molar-refractivity contribution is 5.92. The van der Waals surface area contributed by atoms with Crippen molar-refractivity contribution in [3.63, 3.8) is 0 Å². The van der Waals surface area contributed by atoms with Crippen LogP contribution in [0.1, 0.15) is 43.2 Å². The first kappa shape index (κ1) is 16.6. The fourth-order valence-corrected chi connectivity index (χ4v) is 3.43. The minimum absolute atomic E-state index is 0.171. The van der Waals surface area contributed by atoms with Gasteiger partial charge in [0.25, 0.3) is 0 Å². The first-order chi connectivity index (χ1) is 12.7. The van der Waals surface area contributed by atoms with Crippen LogP contribution in [0.25, 0.3) is 11.0 Å². The lowest BCUT2D eigenvalue weighted by Gasteiger charge is -2.24. The molecule has 0 saturated heterocycles. The maximum Gasteiger partial charge on any atom is 0.141 e. The summed E-state index contributed by atoms with van der Waals surface area (Å²) in [6.45, 7) is 0. The number of aromatic amines is 1. The Morgan fingerprint density at radius 1 is 1.04 bits per heavy atom. The Labute approximate surface area is 150 Å². The molecule has 1 aliphatic carbocycles. The second-order valence-electron chi connectivity index (χ2n) is 6.64. The molecule has 0 bridgehead atoms. The van der Waals surface area contributed by atoms with Gasteiger partial charge in [-0.1, -0.05) is 31.1 Å². The van der Waals surface area contributed by atoms with Gasteiger partial charge in [0, 0.05) is 29.9 Å². The fraction of sp³-hybridized carbons (Fsp3) is 0.286. The summed E-state index contributed by atoms with van der Waals surface area (Å²) >= 11 is 0. The van der Waals surface area contributed by atoms with E-state index in [0.29, 0.717) is 11.6 Å². The van der Waals surface area contributed by atoms with Crippen LogP contribution in [0, 0.1) is 23.5 Å². The SMILES string of the molecule is Fc1ccc(C#Cc2cnc3[nH]ccc3c2NC2CCCCC2)c(F)c1. The van der Waals surface area contributed by atoms with Crippen molar-refractivity contribution in [3.8, 4) is 11.8 Å². The van der Waals surface area contributed by atoms with Gasteiger partial charge in [-0.3, -0.25) is 0 Å². The highest BCUT2D eigenvalue weighted by Crippen LogP contribution is 2.29. The molecule has 0 atom stereocenters. The van der Waals surface area contributed by atoms with E-state index in [1.165, 1.54) is 31.4 Å². The third-order valence-corrected chi connectivity index (χ3v) is 4.80. The van der Waals surface area contributed by atoms with Crippen molar-refractivity contribution in [2.45, 2.75) is 38.1 Å². The molecule has 5 heteroatoms. The second kappa shape index (κ2) is 7.17. The largest absolute Gasteiger partial charge is 0.381 e. The Bertz CT molecular complexity index is 991. The number of nitrogens with zero attached hydrogens (tertiary/aromatic N) is 1. The molecule has 0 aliphatic heterocycles. The van der Waals surface area contributed by atoms with E-state index < -0.39 is 11.6 Å². The minimum atomic E-state index is -0.657. The van der Waals surface area contributed by atoms with Crippen LogP contribution in [-0.2, 0) is 0 Å². The van der Waals surface area contributed by atoms with E-state index in [2.05, 4.69) is 27.1 Å². The van der Waals surface area contributed by atoms with Crippen LogP contribution in [0.4, 0.5) is 14.5 Å². The zero-order valence-electron chi connectivity index (χ0n) is 14.3. The fourth-order valence-electron chi connectivity index (χ4n) is 3.43. The highest BCUT2D eigenvalue weighted by Gasteiger charge is 2.16. The van der Waals surface area contributed by atoms with E-state index >= 15 is 0 Å². The van der Waals surface area contributed by atoms with Crippen LogP contribution in [0.2, 0.25) is 0 Å². The Morgan fingerprint density at radius 3 is 2.65 bits per heavy atom. The topological polar surface area (TPSA) is 40.7 Å². The lowest BCUT2D eigenvalue weighted by Crippen LogP contribution is -2.22. The molecule has 0 radical (unpaired) electrons. The van der Waals surface area contributed by atoms with Crippen molar-refractivity contribution < 1.29 is 8.78 Å². The summed E-state index contributed by atoms with van der Waals surface area (Å²) in [4.78, 5) is 7.50. The monoisotopic (exact) mass is 351 g/mol. The molecule has 0 unspecified atom stereocenters. The number of rotatable bonds is 2. The normalized spacial score (nSPS) is 14.8. The summed E-state index contributed by atoms with van der Waals surface area (Å²) in [7, 11) is 0. The number of H-pyrrole nitrogens is 1. The van der Waals surface area contributed by atoms with Gasteiger partial charge >= 0.3 is 0 Å². The zero-order chi connectivity index (χ0) is 17.9. The van der Waals surface area contributed by atoms with E-state index in [9.17, 15) is 8.78 Å². The standard InChI is InChI=1S/C21H19F2N3/c22-16-9-8-14(19(23)12-16)6-7-15-13-25-21-18(10-11-24-21)20(15)26-17-4-2-1-3-5-17/h8-13,17H,1-5H2,(H2,24,25,26). The summed E-state index contributed by atoms with van der Waals surface area (Å²) in [6, 6.07) is 5.79. The van der Waals surface area contributed by atoms with Crippen LogP contribution in [0.5, 0.6) is 0 Å². The Kier molecular flexibility index (Phi) is 4.57. The Morgan fingerprint density at radius 2 is 1.85 bits per heavy atom. The molecule has 1 saturated carbocycles. The zero-order valence-corrected chi connectivity index (χ0v) is 14.3. The van der Waals surface area contributed by atoms with Crippen LogP contribution in [0.3, 0.4) is 0 Å². The lowest BCUT2D eigenvalue weighted by atomic mass is 9.95. The van der Waals surface area contributed by atoms with Crippen molar-refractivity contribution in [2.24, 2.45) is 0 Å². The number of fused-ring (bicyclic) bond motifs is 1. The number of benzene rings is 1. The first-order valence-corrected chi connectivity index (χ1v) is 8.90. The molecule has 26 heavy (non-hydrogen) atoms. The van der Waals surface area contributed by atoms with Gasteiger partial charge in [-0.2, -0.15) is 0 Å². The van der Waals surface area contributed by atoms with Gasteiger partial charge in [-0.15, -0.1) is 0 Å². The summed E-state index contributed by atoms with van der Waals surface area (Å²) in [5.41, 5.74) is 2.61. The Hall–Kier alpha value is -2.87. The molecule has 1 aromatic carbocycles. The van der Waals surface area contributed by atoms with Gasteiger partial charge in [0.05, 0.1) is 16.8 Å². The molecule has 0 amide bonds. The molecule has 2 N–H and O–H groups in total. The number of hydrogen-bond acceptors (Lipinski definition) is 2. The maximum atomic E-state index is 13.9. The van der Waals surface area contributed by atoms with Crippen molar-refractivity contribution in [1.29, 1.82) is 0 Å². The average molecular weight is 351 g/mol. The number of anilines is 1. The number of halogens is 2. The quantitative estimate of drug-likeness (QED) is 0.639. The van der Waals surface area contributed by atoms with Gasteiger partial charge in [0.2, 0.25) is 0 Å². The highest BCUT2D eigenvalue weighted by atomic mass is 19.1. The molecule has 2 aromatic heterocycles. The van der Waals surface area contributed by atoms with Crippen molar-refractivity contribution in [3.05, 3.63) is 59.4 Å². The molecule has 3 aromatic rings. The number of nitrogens with one attached hydrogen (secondary N) is 2. The summed E-state index contributed by atoms with van der Waals surface area (Å²) in [5.74, 6) is 4.55. The Balaban J connectivity index is 1.72. The van der Waals surface area contributed by atoms with E-state index in [1.54, 1.807) is 6.20 Å². The lowest BCUT2D eigenvalue weighted by molar-refractivity contribution is 0.463. The van der Waals surface area contributed by atoms with Gasteiger partial charge < -0.3 is 10.3 Å². The number of pyridine rings is 1. The predicted octanol–water partition coefficient (Wildman–Crippen LogP) is 4.99. The molecule has 2 heterocycles. The molecule has 1 aliphatic rings. The summed E-state index contributed by atoms with van der Waals surface area (Å²) in [6.07, 6.45) is 9.53. The van der Waals surface area contributed by atoms with Crippen LogP contribution in [0.15, 0.2) is 36.7 Å². The van der Waals surface area contributed by atoms with Gasteiger partial charge in [0.15, 0.2) is 0 Å². The molecule has 0 spiro atoms.